The van der Waals surface area contributed by atoms with Crippen LogP contribution in [-0.2, 0) is 16.3 Å². The third-order valence-electron chi connectivity index (χ3n) is 7.36. The predicted octanol–water partition coefficient (Wildman–Crippen LogP) is 2.42. The van der Waals surface area contributed by atoms with E-state index in [2.05, 4.69) is 10.2 Å². The minimum Gasteiger partial charge on any atom is -0.493 e. The second kappa shape index (κ2) is 8.44. The second-order valence-corrected chi connectivity index (χ2v) is 11.9. The Morgan fingerprint density at radius 3 is 2.46 bits per heavy atom. The van der Waals surface area contributed by atoms with Crippen LogP contribution in [0.5, 0.6) is 11.5 Å². The number of amides is 2. The number of sulfone groups is 1. The van der Waals surface area contributed by atoms with Gasteiger partial charge in [-0.05, 0) is 49.6 Å². The van der Waals surface area contributed by atoms with E-state index in [0.717, 1.165) is 28.8 Å². The van der Waals surface area contributed by atoms with E-state index in [4.69, 9.17) is 14.6 Å². The van der Waals surface area contributed by atoms with E-state index < -0.39 is 14.6 Å². The van der Waals surface area contributed by atoms with Gasteiger partial charge in [0.1, 0.15) is 4.75 Å². The summed E-state index contributed by atoms with van der Waals surface area (Å²) in [5.74, 6) is 1.48. The molecule has 1 unspecified atom stereocenters. The number of urea groups is 1. The Morgan fingerprint density at radius 2 is 1.86 bits per heavy atom. The molecule has 2 aromatic carbocycles. The summed E-state index contributed by atoms with van der Waals surface area (Å²) in [7, 11) is 1.79. The molecule has 1 atom stereocenters. The van der Waals surface area contributed by atoms with Crippen LogP contribution in [0.15, 0.2) is 41.5 Å². The lowest BCUT2D eigenvalue weighted by atomic mass is 9.92. The van der Waals surface area contributed by atoms with Gasteiger partial charge in [0.15, 0.2) is 21.3 Å². The van der Waals surface area contributed by atoms with Gasteiger partial charge in [-0.25, -0.2) is 18.2 Å². The second-order valence-electron chi connectivity index (χ2n) is 9.42. The van der Waals surface area contributed by atoms with Gasteiger partial charge >= 0.3 is 6.03 Å². The quantitative estimate of drug-likeness (QED) is 0.695. The van der Waals surface area contributed by atoms with Crippen molar-refractivity contribution >= 4 is 27.3 Å². The van der Waals surface area contributed by atoms with E-state index in [-0.39, 0.29) is 17.8 Å². The van der Waals surface area contributed by atoms with Crippen molar-refractivity contribution in [3.63, 3.8) is 0 Å². The molecule has 9 nitrogen and oxygen atoms in total. The SMILES string of the molecule is CNC(=O)N1N=C(c2cccc(N3CC4(CCS4(=O)=O)C3)c2)c2cc(OC)c(OC)cc2CC1C. The molecule has 0 aliphatic carbocycles. The van der Waals surface area contributed by atoms with E-state index in [1.807, 2.05) is 43.3 Å². The highest BCUT2D eigenvalue weighted by atomic mass is 32.2. The van der Waals surface area contributed by atoms with E-state index in [0.29, 0.717) is 36.7 Å². The zero-order valence-corrected chi connectivity index (χ0v) is 21.2. The Balaban J connectivity index is 1.58. The molecular weight excluding hydrogens is 468 g/mol. The van der Waals surface area contributed by atoms with Crippen LogP contribution in [0, 0.1) is 0 Å². The van der Waals surface area contributed by atoms with Crippen molar-refractivity contribution in [2.75, 3.05) is 45.0 Å². The van der Waals surface area contributed by atoms with Crippen molar-refractivity contribution in [3.8, 4) is 11.5 Å². The molecule has 0 aromatic heterocycles. The number of methoxy groups -OCH3 is 2. The lowest BCUT2D eigenvalue weighted by Crippen LogP contribution is -2.72. The van der Waals surface area contributed by atoms with Gasteiger partial charge in [-0.2, -0.15) is 5.10 Å². The van der Waals surface area contributed by atoms with Gasteiger partial charge in [-0.15, -0.1) is 0 Å². The molecule has 35 heavy (non-hydrogen) atoms. The number of nitrogens with zero attached hydrogens (tertiary/aromatic N) is 3. The number of benzene rings is 2. The molecule has 186 valence electrons. The Labute approximate surface area is 205 Å². The lowest BCUT2D eigenvalue weighted by molar-refractivity contribution is 0.184. The van der Waals surface area contributed by atoms with Crippen LogP contribution >= 0.6 is 0 Å². The van der Waals surface area contributed by atoms with Crippen LogP contribution in [0.1, 0.15) is 30.0 Å². The number of hydrogen-bond donors (Lipinski definition) is 1. The van der Waals surface area contributed by atoms with Crippen LogP contribution in [0.2, 0.25) is 0 Å². The highest BCUT2D eigenvalue weighted by Crippen LogP contribution is 2.44. The average molecular weight is 499 g/mol. The standard InChI is InChI=1S/C25H30N4O5S/c1-16-10-18-12-21(33-3)22(34-4)13-20(18)23(27-29(16)24(30)26-2)17-6-5-7-19(11-17)28-14-25(15-28)8-9-35(25,31)32/h5-7,11-13,16H,8-10,14-15H2,1-4H3,(H,26,30). The van der Waals surface area contributed by atoms with Crippen LogP contribution in [0.4, 0.5) is 10.5 Å². The van der Waals surface area contributed by atoms with Crippen molar-refractivity contribution in [2.24, 2.45) is 5.10 Å². The Hall–Kier alpha value is -3.27. The minimum absolute atomic E-state index is 0.188. The maximum Gasteiger partial charge on any atom is 0.337 e. The molecule has 2 saturated heterocycles. The molecule has 3 aliphatic rings. The first-order chi connectivity index (χ1) is 16.7. The average Bonchev–Trinajstić information content (AvgIpc) is 2.96. The monoisotopic (exact) mass is 498 g/mol. The van der Waals surface area contributed by atoms with Crippen LogP contribution < -0.4 is 19.7 Å². The first kappa shape index (κ1) is 23.5. The first-order valence-electron chi connectivity index (χ1n) is 11.6. The fourth-order valence-electron chi connectivity index (χ4n) is 5.14. The van der Waals surface area contributed by atoms with Crippen molar-refractivity contribution in [3.05, 3.63) is 53.1 Å². The van der Waals surface area contributed by atoms with Gasteiger partial charge in [0.25, 0.3) is 0 Å². The molecule has 2 fully saturated rings. The van der Waals surface area contributed by atoms with Crippen molar-refractivity contribution in [1.29, 1.82) is 0 Å². The van der Waals surface area contributed by atoms with Crippen LogP contribution in [0.3, 0.4) is 0 Å². The van der Waals surface area contributed by atoms with Gasteiger partial charge in [-0.1, -0.05) is 12.1 Å². The zero-order valence-electron chi connectivity index (χ0n) is 20.4. The number of hydrazone groups is 1. The van der Waals surface area contributed by atoms with Crippen molar-refractivity contribution in [2.45, 2.75) is 30.6 Å². The van der Waals surface area contributed by atoms with Gasteiger partial charge in [0.05, 0.1) is 31.7 Å². The molecule has 3 aliphatic heterocycles. The van der Waals surface area contributed by atoms with Crippen LogP contribution in [0.25, 0.3) is 0 Å². The summed E-state index contributed by atoms with van der Waals surface area (Å²) >= 11 is 0. The largest absolute Gasteiger partial charge is 0.493 e. The molecule has 3 heterocycles. The lowest BCUT2D eigenvalue weighted by Gasteiger charge is -2.55. The van der Waals surface area contributed by atoms with Crippen molar-refractivity contribution < 1.29 is 22.7 Å². The van der Waals surface area contributed by atoms with E-state index in [1.54, 1.807) is 21.3 Å². The fraction of sp³-hybridized carbons (Fsp3) is 0.440. The summed E-state index contributed by atoms with van der Waals surface area (Å²) in [5.41, 5.74) is 4.26. The first-order valence-corrected chi connectivity index (χ1v) is 13.3. The molecule has 0 radical (unpaired) electrons. The third kappa shape index (κ3) is 3.71. The Bertz CT molecular complexity index is 1320. The van der Waals surface area contributed by atoms with E-state index in [9.17, 15) is 13.2 Å². The minimum atomic E-state index is -2.98. The summed E-state index contributed by atoms with van der Waals surface area (Å²) in [6, 6.07) is 11.2. The molecule has 0 bridgehead atoms. The summed E-state index contributed by atoms with van der Waals surface area (Å²) in [6.45, 7) is 2.97. The fourth-order valence-corrected chi connectivity index (χ4v) is 6.96. The number of anilines is 1. The predicted molar refractivity (Wildman–Crippen MR) is 134 cm³/mol. The number of carbonyl (C=O) groups excluding carboxylic acids is 1. The zero-order chi connectivity index (χ0) is 25.0. The smallest absolute Gasteiger partial charge is 0.337 e. The summed E-state index contributed by atoms with van der Waals surface area (Å²) in [4.78, 5) is 14.8. The summed E-state index contributed by atoms with van der Waals surface area (Å²) < 4.78 is 35.0. The number of ether oxygens (including phenoxy) is 2. The Morgan fingerprint density at radius 1 is 1.14 bits per heavy atom. The normalized spacial score (nSPS) is 21.7. The third-order valence-corrected chi connectivity index (χ3v) is 9.88. The van der Waals surface area contributed by atoms with E-state index in [1.165, 1.54) is 5.01 Å². The number of nitrogens with one attached hydrogen (secondary N) is 1. The van der Waals surface area contributed by atoms with Gasteiger partial charge < -0.3 is 19.7 Å². The van der Waals surface area contributed by atoms with Crippen LogP contribution in [-0.4, -0.2) is 76.1 Å². The molecule has 5 rings (SSSR count). The molecule has 2 amide bonds. The van der Waals surface area contributed by atoms with Gasteiger partial charge in [-0.3, -0.25) is 0 Å². The number of hydrogen-bond acceptors (Lipinski definition) is 7. The highest BCUT2D eigenvalue weighted by Gasteiger charge is 2.59. The summed E-state index contributed by atoms with van der Waals surface area (Å²) in [6.07, 6.45) is 1.31. The summed E-state index contributed by atoms with van der Waals surface area (Å²) in [5, 5.41) is 8.97. The molecule has 0 saturated carbocycles. The molecule has 2 aromatic rings. The Kier molecular flexibility index (Phi) is 5.66. The highest BCUT2D eigenvalue weighted by molar-refractivity contribution is 7.94. The molecule has 10 heteroatoms. The van der Waals surface area contributed by atoms with Gasteiger partial charge in [0, 0.05) is 37.0 Å². The molecule has 1 spiro atoms. The van der Waals surface area contributed by atoms with E-state index >= 15 is 0 Å². The number of fused-ring (bicyclic) bond motifs is 1. The number of rotatable bonds is 4. The molecule has 1 N–H and O–H groups in total. The molecular formula is C25H30N4O5S. The van der Waals surface area contributed by atoms with Gasteiger partial charge in [0.2, 0.25) is 0 Å². The maximum absolute atomic E-state index is 12.7. The number of carbonyl (C=O) groups is 1. The topological polar surface area (TPSA) is 101 Å². The van der Waals surface area contributed by atoms with Crippen molar-refractivity contribution in [1.82, 2.24) is 10.3 Å². The maximum atomic E-state index is 12.7.